The number of halogens is 1. The number of rotatable bonds is 6. The number of benzene rings is 1. The van der Waals surface area contributed by atoms with Crippen molar-refractivity contribution in [3.8, 4) is 0 Å². The van der Waals surface area contributed by atoms with E-state index < -0.39 is 11.9 Å². The number of Topliss-reactive ketones (excluding diaryl/α,β-unsaturated/α-hetero) is 1. The van der Waals surface area contributed by atoms with E-state index in [-0.39, 0.29) is 5.78 Å². The van der Waals surface area contributed by atoms with Crippen LogP contribution in [0.15, 0.2) is 47.0 Å². The molecule has 0 aliphatic carbocycles. The first-order valence-electron chi connectivity index (χ1n) is 7.90. The number of carbonyl (C=O) groups excluding carboxylic acids is 2. The molecule has 25 heavy (non-hydrogen) atoms. The van der Waals surface area contributed by atoms with Crippen LogP contribution in [0, 0.1) is 0 Å². The van der Waals surface area contributed by atoms with Crippen LogP contribution in [0.2, 0.25) is 5.02 Å². The number of hydrogen-bond acceptors (Lipinski definition) is 5. The highest BCUT2D eigenvalue weighted by atomic mass is 35.5. The molecule has 7 heteroatoms. The fourth-order valence-electron chi connectivity index (χ4n) is 2.85. The molecule has 1 unspecified atom stereocenters. The molecule has 0 amide bonds. The van der Waals surface area contributed by atoms with Gasteiger partial charge in [-0.05, 0) is 25.5 Å². The fraction of sp³-hybridized carbons (Fsp3) is 0.333. The summed E-state index contributed by atoms with van der Waals surface area (Å²) in [6.45, 7) is 4.06. The summed E-state index contributed by atoms with van der Waals surface area (Å²) < 4.78 is 10.6. The number of methoxy groups -OCH3 is 1. The van der Waals surface area contributed by atoms with Gasteiger partial charge in [0.25, 0.3) is 0 Å². The first-order valence-corrected chi connectivity index (χ1v) is 8.27. The average molecular weight is 366 g/mol. The Bertz CT molecular complexity index is 755. The average Bonchev–Trinajstić information content (AvgIpc) is 2.58. The molecule has 1 atom stereocenters. The van der Waals surface area contributed by atoms with Gasteiger partial charge in [0.05, 0.1) is 24.2 Å². The van der Waals surface area contributed by atoms with E-state index in [1.807, 2.05) is 6.07 Å². The normalized spacial score (nSPS) is 17.2. The van der Waals surface area contributed by atoms with Gasteiger partial charge in [-0.15, -0.1) is 0 Å². The molecule has 1 heterocycles. The number of allylic oxidation sites excluding steroid dienone is 2. The molecule has 1 aliphatic rings. The van der Waals surface area contributed by atoms with E-state index in [9.17, 15) is 9.59 Å². The van der Waals surface area contributed by atoms with Crippen molar-refractivity contribution in [2.24, 2.45) is 0 Å². The standard InChI is InChI=1S/C18H21ClN2O4/c1-10-14(18(23)24-3)16(12-6-4-5-7-13(12)19)15(11(2)22)17(21-10)25-9-8-20/h4-7,16,21H,8-9,20H2,1-3H3/p+1. The molecular weight excluding hydrogens is 344 g/mol. The predicted octanol–water partition coefficient (Wildman–Crippen LogP) is 1.53. The van der Waals surface area contributed by atoms with E-state index >= 15 is 0 Å². The van der Waals surface area contributed by atoms with Crippen molar-refractivity contribution in [2.45, 2.75) is 19.8 Å². The van der Waals surface area contributed by atoms with Crippen LogP contribution in [0.3, 0.4) is 0 Å². The van der Waals surface area contributed by atoms with Crippen molar-refractivity contribution in [3.05, 3.63) is 57.6 Å². The molecule has 0 saturated heterocycles. The number of esters is 1. The number of nitrogens with one attached hydrogen (secondary N) is 1. The van der Waals surface area contributed by atoms with E-state index in [1.54, 1.807) is 25.1 Å². The van der Waals surface area contributed by atoms with E-state index in [0.29, 0.717) is 46.5 Å². The number of ketones is 1. The predicted molar refractivity (Wildman–Crippen MR) is 93.5 cm³/mol. The van der Waals surface area contributed by atoms with E-state index in [4.69, 9.17) is 21.1 Å². The summed E-state index contributed by atoms with van der Waals surface area (Å²) in [5, 5.41) is 3.47. The third-order valence-corrected chi connectivity index (χ3v) is 4.26. The van der Waals surface area contributed by atoms with Crippen molar-refractivity contribution < 1.29 is 24.8 Å². The van der Waals surface area contributed by atoms with Gasteiger partial charge < -0.3 is 20.5 Å². The summed E-state index contributed by atoms with van der Waals surface area (Å²) in [4.78, 5) is 24.8. The van der Waals surface area contributed by atoms with Gasteiger partial charge in [-0.3, -0.25) is 4.79 Å². The zero-order valence-corrected chi connectivity index (χ0v) is 15.3. The van der Waals surface area contributed by atoms with Crippen molar-refractivity contribution in [3.63, 3.8) is 0 Å². The maximum absolute atomic E-state index is 12.4. The number of dihydropyridines is 1. The van der Waals surface area contributed by atoms with Gasteiger partial charge in [0.2, 0.25) is 0 Å². The molecule has 2 rings (SSSR count). The second-order valence-corrected chi connectivity index (χ2v) is 6.02. The van der Waals surface area contributed by atoms with Crippen LogP contribution in [-0.4, -0.2) is 32.0 Å². The van der Waals surface area contributed by atoms with Crippen molar-refractivity contribution in [1.29, 1.82) is 0 Å². The van der Waals surface area contributed by atoms with Crippen LogP contribution in [0.5, 0.6) is 0 Å². The van der Waals surface area contributed by atoms with Gasteiger partial charge in [0.1, 0.15) is 13.2 Å². The summed E-state index contributed by atoms with van der Waals surface area (Å²) in [6.07, 6.45) is 0. The van der Waals surface area contributed by atoms with Crippen LogP contribution in [0.1, 0.15) is 25.3 Å². The van der Waals surface area contributed by atoms with Crippen LogP contribution < -0.4 is 11.1 Å². The molecule has 134 valence electrons. The van der Waals surface area contributed by atoms with Gasteiger partial charge in [-0.1, -0.05) is 29.8 Å². The Hall–Kier alpha value is -2.31. The monoisotopic (exact) mass is 365 g/mol. The van der Waals surface area contributed by atoms with Crippen LogP contribution >= 0.6 is 11.6 Å². The largest absolute Gasteiger partial charge is 0.473 e. The number of carbonyl (C=O) groups is 2. The molecule has 0 aromatic heterocycles. The molecule has 0 spiro atoms. The molecular formula is C18H22ClN2O4+. The van der Waals surface area contributed by atoms with Gasteiger partial charge in [-0.25, -0.2) is 4.79 Å². The Kier molecular flexibility index (Phi) is 6.22. The molecule has 0 fully saturated rings. The molecule has 4 N–H and O–H groups in total. The minimum Gasteiger partial charge on any atom is -0.473 e. The maximum Gasteiger partial charge on any atom is 0.336 e. The number of ether oxygens (including phenoxy) is 2. The molecule has 1 aromatic rings. The quantitative estimate of drug-likeness (QED) is 0.746. The summed E-state index contributed by atoms with van der Waals surface area (Å²) in [5.41, 5.74) is 5.62. The summed E-state index contributed by atoms with van der Waals surface area (Å²) >= 11 is 6.36. The molecule has 1 aromatic carbocycles. The van der Waals surface area contributed by atoms with Crippen LogP contribution in [0.25, 0.3) is 0 Å². The number of hydrogen-bond donors (Lipinski definition) is 2. The Labute approximate surface area is 151 Å². The Morgan fingerprint density at radius 3 is 2.52 bits per heavy atom. The third-order valence-electron chi connectivity index (χ3n) is 3.92. The Balaban J connectivity index is 2.70. The highest BCUT2D eigenvalue weighted by Gasteiger charge is 2.38. The third kappa shape index (κ3) is 3.86. The summed E-state index contributed by atoms with van der Waals surface area (Å²) in [6, 6.07) is 7.11. The minimum atomic E-state index is -0.667. The van der Waals surface area contributed by atoms with E-state index in [0.717, 1.165) is 0 Å². The summed E-state index contributed by atoms with van der Waals surface area (Å²) in [7, 11) is 1.30. The lowest BCUT2D eigenvalue weighted by molar-refractivity contribution is -0.373. The SMILES string of the molecule is COC(=O)C1=C(C)NC(OCC[NH3+])=C(C(C)=O)C1c1ccccc1Cl. The summed E-state index contributed by atoms with van der Waals surface area (Å²) in [5.74, 6) is -1.08. The van der Waals surface area contributed by atoms with Crippen LogP contribution in [-0.2, 0) is 19.1 Å². The molecule has 0 radical (unpaired) electrons. The Morgan fingerprint density at radius 1 is 1.28 bits per heavy atom. The first-order chi connectivity index (χ1) is 11.9. The molecule has 0 saturated carbocycles. The van der Waals surface area contributed by atoms with Crippen LogP contribution in [0.4, 0.5) is 0 Å². The number of quaternary nitrogens is 1. The molecule has 1 aliphatic heterocycles. The lowest BCUT2D eigenvalue weighted by atomic mass is 9.80. The highest BCUT2D eigenvalue weighted by Crippen LogP contribution is 2.41. The van der Waals surface area contributed by atoms with Gasteiger partial charge >= 0.3 is 5.97 Å². The van der Waals surface area contributed by atoms with Crippen molar-refractivity contribution in [2.75, 3.05) is 20.3 Å². The smallest absolute Gasteiger partial charge is 0.336 e. The second kappa shape index (κ2) is 8.18. The molecule has 0 bridgehead atoms. The lowest BCUT2D eigenvalue weighted by Gasteiger charge is -2.31. The van der Waals surface area contributed by atoms with E-state index in [2.05, 4.69) is 11.1 Å². The minimum absolute atomic E-state index is 0.217. The first kappa shape index (κ1) is 19.0. The van der Waals surface area contributed by atoms with Gasteiger partial charge in [0, 0.05) is 10.7 Å². The maximum atomic E-state index is 12.4. The van der Waals surface area contributed by atoms with E-state index in [1.165, 1.54) is 14.0 Å². The topological polar surface area (TPSA) is 92.3 Å². The zero-order valence-electron chi connectivity index (χ0n) is 14.5. The van der Waals surface area contributed by atoms with Gasteiger partial charge in [0.15, 0.2) is 11.7 Å². The molecule has 6 nitrogen and oxygen atoms in total. The van der Waals surface area contributed by atoms with Gasteiger partial charge in [-0.2, -0.15) is 0 Å². The zero-order chi connectivity index (χ0) is 18.6. The van der Waals surface area contributed by atoms with Crippen molar-refractivity contribution >= 4 is 23.4 Å². The van der Waals surface area contributed by atoms with Crippen molar-refractivity contribution in [1.82, 2.24) is 5.32 Å². The lowest BCUT2D eigenvalue weighted by Crippen LogP contribution is -2.52. The highest BCUT2D eigenvalue weighted by molar-refractivity contribution is 6.31. The fourth-order valence-corrected chi connectivity index (χ4v) is 3.09. The second-order valence-electron chi connectivity index (χ2n) is 5.61. The Morgan fingerprint density at radius 2 is 1.96 bits per heavy atom.